The van der Waals surface area contributed by atoms with Crippen LogP contribution in [0.1, 0.15) is 11.1 Å². The van der Waals surface area contributed by atoms with E-state index in [2.05, 4.69) is 10.3 Å². The number of halogens is 3. The molecule has 0 aliphatic carbocycles. The molecule has 1 aliphatic heterocycles. The average Bonchev–Trinajstić information content (AvgIpc) is 2.54. The van der Waals surface area contributed by atoms with Crippen molar-refractivity contribution in [3.63, 3.8) is 0 Å². The molecule has 130 valence electrons. The first-order valence-electron chi connectivity index (χ1n) is 7.21. The van der Waals surface area contributed by atoms with Crippen molar-refractivity contribution in [1.29, 1.82) is 0 Å². The van der Waals surface area contributed by atoms with E-state index in [-0.39, 0.29) is 12.1 Å². The first-order chi connectivity index (χ1) is 11.8. The Bertz CT molecular complexity index is 821. The van der Waals surface area contributed by atoms with Gasteiger partial charge >= 0.3 is 12.3 Å². The second kappa shape index (κ2) is 6.08. The molecule has 2 amide bonds. The van der Waals surface area contributed by atoms with Gasteiger partial charge in [0.05, 0.1) is 11.3 Å². The summed E-state index contributed by atoms with van der Waals surface area (Å²) in [6.07, 6.45) is -2.78. The lowest BCUT2D eigenvalue weighted by Gasteiger charge is -2.33. The fourth-order valence-electron chi connectivity index (χ4n) is 2.70. The molecule has 0 fully saturated rings. The molecule has 0 radical (unpaired) electrons. The van der Waals surface area contributed by atoms with Crippen LogP contribution in [0.4, 0.5) is 29.3 Å². The van der Waals surface area contributed by atoms with Gasteiger partial charge in [0, 0.05) is 24.5 Å². The monoisotopic (exact) mass is 351 g/mol. The van der Waals surface area contributed by atoms with Crippen LogP contribution in [0.2, 0.25) is 0 Å². The Labute approximate surface area is 139 Å². The highest BCUT2D eigenvalue weighted by molar-refractivity contribution is 6.07. The van der Waals surface area contributed by atoms with E-state index in [4.69, 9.17) is 5.11 Å². The average molecular weight is 351 g/mol. The van der Waals surface area contributed by atoms with E-state index >= 15 is 0 Å². The van der Waals surface area contributed by atoms with Gasteiger partial charge in [0.2, 0.25) is 0 Å². The zero-order valence-corrected chi connectivity index (χ0v) is 12.6. The normalized spacial score (nSPS) is 17.2. The molecule has 2 N–H and O–H groups in total. The molecule has 1 aliphatic rings. The van der Waals surface area contributed by atoms with Gasteiger partial charge in [0.15, 0.2) is 0 Å². The number of fused-ring (bicyclic) bond motifs is 1. The second-order valence-electron chi connectivity index (χ2n) is 5.43. The molecule has 1 unspecified atom stereocenters. The van der Waals surface area contributed by atoms with Crippen LogP contribution in [0.5, 0.6) is 0 Å². The molecule has 1 aromatic heterocycles. The summed E-state index contributed by atoms with van der Waals surface area (Å²) >= 11 is 0. The number of aromatic nitrogens is 1. The van der Waals surface area contributed by atoms with Crippen LogP contribution in [-0.2, 0) is 17.4 Å². The van der Waals surface area contributed by atoms with Crippen molar-refractivity contribution in [2.24, 2.45) is 0 Å². The lowest BCUT2D eigenvalue weighted by Crippen LogP contribution is -2.51. The van der Waals surface area contributed by atoms with Crippen LogP contribution < -0.4 is 10.2 Å². The van der Waals surface area contributed by atoms with Gasteiger partial charge in [-0.1, -0.05) is 0 Å². The molecule has 9 heteroatoms. The molecule has 0 bridgehead atoms. The molecule has 6 nitrogen and oxygen atoms in total. The van der Waals surface area contributed by atoms with Gasteiger partial charge in [-0.15, -0.1) is 0 Å². The van der Waals surface area contributed by atoms with Gasteiger partial charge in [-0.25, -0.2) is 4.79 Å². The maximum atomic E-state index is 12.7. The van der Waals surface area contributed by atoms with E-state index in [0.717, 1.165) is 12.1 Å². The van der Waals surface area contributed by atoms with Gasteiger partial charge in [-0.2, -0.15) is 13.2 Å². The van der Waals surface area contributed by atoms with Gasteiger partial charge in [0.1, 0.15) is 6.04 Å². The molecule has 1 aromatic carbocycles. The number of nitrogens with one attached hydrogen (secondary N) is 1. The molecule has 2 heterocycles. The third-order valence-corrected chi connectivity index (χ3v) is 3.81. The third kappa shape index (κ3) is 3.25. The maximum Gasteiger partial charge on any atom is 0.416 e. The molecule has 2 aromatic rings. The van der Waals surface area contributed by atoms with Gasteiger partial charge in [-0.05, 0) is 35.9 Å². The summed E-state index contributed by atoms with van der Waals surface area (Å²) in [6.45, 7) is 0. The fraction of sp³-hybridized carbons (Fsp3) is 0.188. The molecular formula is C16H12F3N3O3. The number of carbonyl (C=O) groups is 2. The number of carboxylic acid groups (broad SMARTS) is 1. The summed E-state index contributed by atoms with van der Waals surface area (Å²) in [5, 5.41) is 11.0. The van der Waals surface area contributed by atoms with Crippen molar-refractivity contribution in [3.8, 4) is 0 Å². The Morgan fingerprint density at radius 2 is 1.92 bits per heavy atom. The minimum absolute atomic E-state index is 0.117. The summed E-state index contributed by atoms with van der Waals surface area (Å²) in [7, 11) is 0. The predicted molar refractivity (Wildman–Crippen MR) is 81.5 cm³/mol. The van der Waals surface area contributed by atoms with Gasteiger partial charge < -0.3 is 10.4 Å². The second-order valence-corrected chi connectivity index (χ2v) is 5.43. The molecule has 3 rings (SSSR count). The van der Waals surface area contributed by atoms with E-state index in [9.17, 15) is 22.8 Å². The summed E-state index contributed by atoms with van der Waals surface area (Å²) in [5.41, 5.74) is 0.446. The van der Waals surface area contributed by atoms with Crippen molar-refractivity contribution in [2.75, 3.05) is 4.90 Å². The van der Waals surface area contributed by atoms with Crippen LogP contribution in [-0.4, -0.2) is 28.1 Å². The zero-order chi connectivity index (χ0) is 18.2. The fourth-order valence-corrected chi connectivity index (χ4v) is 2.70. The minimum atomic E-state index is -4.49. The quantitative estimate of drug-likeness (QED) is 0.871. The highest BCUT2D eigenvalue weighted by Gasteiger charge is 2.36. The molecule has 0 spiro atoms. The Hall–Kier alpha value is -3.10. The topological polar surface area (TPSA) is 82.5 Å². The van der Waals surface area contributed by atoms with Crippen LogP contribution in [0.15, 0.2) is 42.7 Å². The summed E-state index contributed by atoms with van der Waals surface area (Å²) < 4.78 is 38.2. The summed E-state index contributed by atoms with van der Waals surface area (Å²) in [6, 6.07) is 4.61. The standard InChI is InChI=1S/C16H12F3N3O3/c17-16(18,19)10-1-3-11(4-2-10)22-13-5-6-20-8-9(13)7-12(14(22)23)21-15(24)25/h1-6,8,12,21H,7H2,(H,24,25). The van der Waals surface area contributed by atoms with Gasteiger partial charge in [-0.3, -0.25) is 14.7 Å². The van der Waals surface area contributed by atoms with Crippen LogP contribution in [0.25, 0.3) is 0 Å². The third-order valence-electron chi connectivity index (χ3n) is 3.81. The molecule has 25 heavy (non-hydrogen) atoms. The lowest BCUT2D eigenvalue weighted by atomic mass is 9.98. The zero-order valence-electron chi connectivity index (χ0n) is 12.6. The molecular weight excluding hydrogens is 339 g/mol. The predicted octanol–water partition coefficient (Wildman–Crippen LogP) is 2.96. The Morgan fingerprint density at radius 1 is 1.24 bits per heavy atom. The van der Waals surface area contributed by atoms with Crippen LogP contribution in [0.3, 0.4) is 0 Å². The number of hydrogen-bond acceptors (Lipinski definition) is 3. The van der Waals surface area contributed by atoms with Crippen molar-refractivity contribution in [3.05, 3.63) is 53.9 Å². The van der Waals surface area contributed by atoms with Gasteiger partial charge in [0.25, 0.3) is 5.91 Å². The first kappa shape index (κ1) is 16.7. The largest absolute Gasteiger partial charge is 0.465 e. The van der Waals surface area contributed by atoms with Crippen molar-refractivity contribution < 1.29 is 27.9 Å². The van der Waals surface area contributed by atoms with E-state index in [1.165, 1.54) is 29.4 Å². The number of hydrogen-bond donors (Lipinski definition) is 2. The molecule has 1 atom stereocenters. The smallest absolute Gasteiger partial charge is 0.416 e. The van der Waals surface area contributed by atoms with E-state index in [1.807, 2.05) is 0 Å². The Balaban J connectivity index is 2.03. The summed E-state index contributed by atoms with van der Waals surface area (Å²) in [4.78, 5) is 28.7. The van der Waals surface area contributed by atoms with Crippen LogP contribution in [0, 0.1) is 0 Å². The minimum Gasteiger partial charge on any atom is -0.465 e. The number of alkyl halides is 3. The SMILES string of the molecule is O=C(O)NC1Cc2cnccc2N(c2ccc(C(F)(F)F)cc2)C1=O. The van der Waals surface area contributed by atoms with Crippen molar-refractivity contribution >= 4 is 23.4 Å². The number of amides is 2. The van der Waals surface area contributed by atoms with E-state index in [0.29, 0.717) is 11.3 Å². The van der Waals surface area contributed by atoms with Crippen molar-refractivity contribution in [2.45, 2.75) is 18.6 Å². The highest BCUT2D eigenvalue weighted by Crippen LogP contribution is 2.36. The molecule has 0 saturated heterocycles. The molecule has 0 saturated carbocycles. The number of nitrogens with zero attached hydrogens (tertiary/aromatic N) is 2. The lowest BCUT2D eigenvalue weighted by molar-refractivity contribution is -0.137. The summed E-state index contributed by atoms with van der Waals surface area (Å²) in [5.74, 6) is -0.569. The number of pyridine rings is 1. The Kier molecular flexibility index (Phi) is 4.07. The number of anilines is 2. The number of rotatable bonds is 2. The first-order valence-corrected chi connectivity index (χ1v) is 7.21. The number of carbonyl (C=O) groups excluding carboxylic acids is 1. The number of benzene rings is 1. The maximum absolute atomic E-state index is 12.7. The van der Waals surface area contributed by atoms with E-state index in [1.54, 1.807) is 6.07 Å². The Morgan fingerprint density at radius 3 is 2.52 bits per heavy atom. The van der Waals surface area contributed by atoms with Crippen LogP contribution >= 0.6 is 0 Å². The highest BCUT2D eigenvalue weighted by atomic mass is 19.4. The van der Waals surface area contributed by atoms with Crippen molar-refractivity contribution in [1.82, 2.24) is 10.3 Å². The van der Waals surface area contributed by atoms with E-state index < -0.39 is 29.8 Å².